The Morgan fingerprint density at radius 1 is 1.45 bits per heavy atom. The van der Waals surface area contributed by atoms with E-state index < -0.39 is 34.6 Å². The molecule has 15 nitrogen and oxygen atoms in total. The third-order valence-electron chi connectivity index (χ3n) is 5.34. The molecule has 2 fully saturated rings. The fourth-order valence-corrected chi connectivity index (χ4v) is 4.37. The van der Waals surface area contributed by atoms with Gasteiger partial charge in [-0.3, -0.25) is 14.2 Å². The maximum Gasteiger partial charge on any atom is 0.431 e. The first-order chi connectivity index (χ1) is 14.7. The molecule has 16 heteroatoms. The van der Waals surface area contributed by atoms with E-state index in [4.69, 9.17) is 9.39 Å². The summed E-state index contributed by atoms with van der Waals surface area (Å²) in [5.41, 5.74) is 3.51. The van der Waals surface area contributed by atoms with Gasteiger partial charge in [-0.15, -0.1) is 4.28 Å². The Balaban J connectivity index is 1.56. The van der Waals surface area contributed by atoms with E-state index in [1.165, 1.54) is 22.8 Å². The number of aliphatic imine (C=N–C) groups is 1. The van der Waals surface area contributed by atoms with Gasteiger partial charge in [0.25, 0.3) is 0 Å². The molecule has 1 aromatic heterocycles. The summed E-state index contributed by atoms with van der Waals surface area (Å²) >= 11 is 0. The fraction of sp³-hybridized carbons (Fsp3) is 0.600. The van der Waals surface area contributed by atoms with Crippen LogP contribution in [0.2, 0.25) is 0 Å². The van der Waals surface area contributed by atoms with Crippen molar-refractivity contribution in [3.63, 3.8) is 0 Å². The lowest BCUT2D eigenvalue weighted by molar-refractivity contribution is -0.0316. The van der Waals surface area contributed by atoms with E-state index in [-0.39, 0.29) is 18.4 Å². The van der Waals surface area contributed by atoms with Gasteiger partial charge in [0.15, 0.2) is 5.84 Å². The lowest BCUT2D eigenvalue weighted by Gasteiger charge is -2.31. The number of fused-ring (bicyclic) bond motifs is 4. The molecule has 170 valence electrons. The minimum absolute atomic E-state index is 0.0400. The van der Waals surface area contributed by atoms with Crippen molar-refractivity contribution < 1.29 is 31.7 Å². The number of hydroxylamine groups is 3. The third-order valence-corrected chi connectivity index (χ3v) is 5.69. The molecule has 4 heterocycles. The highest BCUT2D eigenvalue weighted by molar-refractivity contribution is 7.80. The van der Waals surface area contributed by atoms with Gasteiger partial charge in [-0.25, -0.2) is 15.1 Å². The van der Waals surface area contributed by atoms with Crippen molar-refractivity contribution in [3.8, 4) is 0 Å². The summed E-state index contributed by atoms with van der Waals surface area (Å²) in [6.07, 6.45) is 1.54. The summed E-state index contributed by atoms with van der Waals surface area (Å²) in [4.78, 5) is 35.4. The van der Waals surface area contributed by atoms with Crippen LogP contribution in [0.5, 0.6) is 0 Å². The lowest BCUT2D eigenvalue weighted by atomic mass is 9.97. The zero-order valence-corrected chi connectivity index (χ0v) is 17.5. The Morgan fingerprint density at radius 3 is 2.87 bits per heavy atom. The average molecular weight is 458 g/mol. The van der Waals surface area contributed by atoms with Crippen LogP contribution in [-0.2, 0) is 26.6 Å². The largest absolute Gasteiger partial charge is 0.431 e. The zero-order valence-electron chi connectivity index (χ0n) is 16.7. The molecule has 3 aliphatic rings. The minimum Gasteiger partial charge on any atom is -0.323 e. The summed E-state index contributed by atoms with van der Waals surface area (Å²) in [6, 6.07) is -2.55. The van der Waals surface area contributed by atoms with E-state index >= 15 is 0 Å². The molecule has 31 heavy (non-hydrogen) atoms. The number of carbonyl (C=O) groups excluding carboxylic acids is 2. The second-order valence-corrected chi connectivity index (χ2v) is 8.23. The maximum absolute atomic E-state index is 12.9. The van der Waals surface area contributed by atoms with Crippen molar-refractivity contribution in [2.75, 3.05) is 26.7 Å². The average Bonchev–Trinajstić information content (AvgIpc) is 3.40. The molecule has 2 bridgehead atoms. The first kappa shape index (κ1) is 21.3. The predicted molar refractivity (Wildman–Crippen MR) is 103 cm³/mol. The van der Waals surface area contributed by atoms with Crippen LogP contribution in [0.15, 0.2) is 11.2 Å². The van der Waals surface area contributed by atoms with Crippen LogP contribution in [0.25, 0.3) is 0 Å². The number of hydrogen-bond acceptors (Lipinski definition) is 9. The van der Waals surface area contributed by atoms with Crippen LogP contribution < -0.4 is 16.1 Å². The Labute approximate surface area is 177 Å². The van der Waals surface area contributed by atoms with Crippen molar-refractivity contribution in [3.05, 3.63) is 17.5 Å². The van der Waals surface area contributed by atoms with Gasteiger partial charge in [0, 0.05) is 32.2 Å². The normalized spacial score (nSPS) is 25.6. The highest BCUT2D eigenvalue weighted by Gasteiger charge is 2.53. The number of nitrogens with one attached hydrogen (secondary N) is 3. The Kier molecular flexibility index (Phi) is 5.46. The molecule has 0 aromatic carbocycles. The summed E-state index contributed by atoms with van der Waals surface area (Å²) in [7, 11) is -1.84. The molecule has 2 saturated heterocycles. The number of rotatable bonds is 4. The monoisotopic (exact) mass is 458 g/mol. The predicted octanol–water partition coefficient (Wildman–Crippen LogP) is -1.39. The van der Waals surface area contributed by atoms with Crippen molar-refractivity contribution >= 4 is 28.4 Å². The van der Waals surface area contributed by atoms with Gasteiger partial charge in [-0.1, -0.05) is 0 Å². The molecule has 0 radical (unpaired) electrons. The van der Waals surface area contributed by atoms with Crippen LogP contribution in [0.4, 0.5) is 9.59 Å². The number of nitrogens with zero attached hydrogens (tertiary/aromatic N) is 5. The van der Waals surface area contributed by atoms with Gasteiger partial charge in [0.1, 0.15) is 12.1 Å². The SMILES string of the molecule is CN=C(NOC(=O)N[C@H]1CCNC1)[C@@H]1c2c(cnn2C)[C@@H]2CN1C(=O)N2OS(=O)(=O)O. The molecule has 3 atom stereocenters. The highest BCUT2D eigenvalue weighted by atomic mass is 32.3. The third kappa shape index (κ3) is 4.01. The van der Waals surface area contributed by atoms with Crippen LogP contribution >= 0.6 is 0 Å². The van der Waals surface area contributed by atoms with E-state index in [0.717, 1.165) is 13.0 Å². The van der Waals surface area contributed by atoms with Crippen LogP contribution in [0.1, 0.15) is 29.8 Å². The first-order valence-corrected chi connectivity index (χ1v) is 10.8. The summed E-state index contributed by atoms with van der Waals surface area (Å²) in [5, 5.41) is 10.6. The fourth-order valence-electron chi connectivity index (χ4n) is 4.00. The topological polar surface area (TPSA) is 180 Å². The molecule has 3 amide bonds. The second kappa shape index (κ2) is 7.95. The number of carbonyl (C=O) groups is 2. The lowest BCUT2D eigenvalue weighted by Crippen LogP contribution is -2.47. The Bertz CT molecular complexity index is 1020. The van der Waals surface area contributed by atoms with Crippen molar-refractivity contribution in [2.24, 2.45) is 12.0 Å². The molecule has 0 aliphatic carbocycles. The van der Waals surface area contributed by atoms with Gasteiger partial charge in [-0.05, 0) is 13.0 Å². The van der Waals surface area contributed by atoms with Crippen LogP contribution in [0, 0.1) is 0 Å². The summed E-state index contributed by atoms with van der Waals surface area (Å²) in [5.74, 6) is 0.116. The summed E-state index contributed by atoms with van der Waals surface area (Å²) < 4.78 is 37.5. The van der Waals surface area contributed by atoms with E-state index in [0.29, 0.717) is 22.9 Å². The number of amides is 3. The number of amidine groups is 1. The number of aryl methyl sites for hydroxylation is 1. The van der Waals surface area contributed by atoms with E-state index in [2.05, 4.69) is 30.5 Å². The molecule has 4 N–H and O–H groups in total. The number of hydrogen-bond donors (Lipinski definition) is 4. The molecule has 0 saturated carbocycles. The molecular weight excluding hydrogens is 436 g/mol. The maximum atomic E-state index is 12.9. The molecular formula is C15H22N8O7S. The van der Waals surface area contributed by atoms with Crippen LogP contribution in [0.3, 0.4) is 0 Å². The Hall–Kier alpha value is -2.95. The number of urea groups is 1. The minimum atomic E-state index is -4.93. The van der Waals surface area contributed by atoms with E-state index in [1.807, 2.05) is 0 Å². The molecule has 0 spiro atoms. The quantitative estimate of drug-likeness (QED) is 0.182. The molecule has 4 rings (SSSR count). The van der Waals surface area contributed by atoms with Gasteiger partial charge in [-0.2, -0.15) is 18.6 Å². The zero-order chi connectivity index (χ0) is 22.3. The van der Waals surface area contributed by atoms with Crippen LogP contribution in [-0.4, -0.2) is 83.4 Å². The van der Waals surface area contributed by atoms with E-state index in [1.54, 1.807) is 7.05 Å². The first-order valence-electron chi connectivity index (χ1n) is 9.39. The van der Waals surface area contributed by atoms with Crippen molar-refractivity contribution in [1.29, 1.82) is 0 Å². The molecule has 3 aliphatic heterocycles. The second-order valence-electron chi connectivity index (χ2n) is 7.22. The smallest absolute Gasteiger partial charge is 0.323 e. The van der Waals surface area contributed by atoms with E-state index in [9.17, 15) is 18.0 Å². The standard InChI is InChI=1S/C15H22N8O7S/c1-16-13(20-29-14(24)19-8-3-4-17-5-8)12-11-9(6-18-21(11)2)10-7-22(12)15(25)23(10)30-31(26,27)28/h6,8,10,12,17H,3-5,7H2,1-2H3,(H,16,20)(H,19,24)(H,26,27,28)/t8-,10-,12-/m0/s1. The number of aromatic nitrogens is 2. The van der Waals surface area contributed by atoms with Gasteiger partial charge >= 0.3 is 22.5 Å². The molecule has 0 unspecified atom stereocenters. The van der Waals surface area contributed by atoms with Gasteiger partial charge in [0.05, 0.1) is 18.4 Å². The highest BCUT2D eigenvalue weighted by Crippen LogP contribution is 2.44. The van der Waals surface area contributed by atoms with Crippen molar-refractivity contribution in [1.82, 2.24) is 35.9 Å². The summed E-state index contributed by atoms with van der Waals surface area (Å²) in [6.45, 7) is 1.47. The molecule has 1 aromatic rings. The van der Waals surface area contributed by atoms with Gasteiger partial charge < -0.3 is 20.4 Å². The van der Waals surface area contributed by atoms with Crippen molar-refractivity contribution in [2.45, 2.75) is 24.5 Å². The Morgan fingerprint density at radius 2 is 2.23 bits per heavy atom. The van der Waals surface area contributed by atoms with Gasteiger partial charge in [0.2, 0.25) is 0 Å².